The van der Waals surface area contributed by atoms with E-state index in [2.05, 4.69) is 10.6 Å². The summed E-state index contributed by atoms with van der Waals surface area (Å²) in [5, 5.41) is 16.4. The van der Waals surface area contributed by atoms with Gasteiger partial charge in [-0.15, -0.1) is 0 Å². The van der Waals surface area contributed by atoms with Crippen molar-refractivity contribution in [1.82, 2.24) is 10.2 Å². The summed E-state index contributed by atoms with van der Waals surface area (Å²) in [6, 6.07) is 3.26. The van der Waals surface area contributed by atoms with E-state index in [1.165, 1.54) is 18.2 Å². The Morgan fingerprint density at radius 1 is 1.29 bits per heavy atom. The van der Waals surface area contributed by atoms with Gasteiger partial charge in [-0.1, -0.05) is 20.8 Å². The first-order valence-corrected chi connectivity index (χ1v) is 11.4. The van der Waals surface area contributed by atoms with Crippen molar-refractivity contribution in [3.63, 3.8) is 0 Å². The number of amides is 4. The molecule has 2 fully saturated rings. The van der Waals surface area contributed by atoms with Crippen LogP contribution in [0.1, 0.15) is 47.0 Å². The molecule has 12 nitrogen and oxygen atoms in total. The zero-order valence-electron chi connectivity index (χ0n) is 20.2. The van der Waals surface area contributed by atoms with Crippen molar-refractivity contribution in [1.29, 1.82) is 0 Å². The number of hydrogen-bond donors (Lipinski definition) is 2. The van der Waals surface area contributed by atoms with Crippen molar-refractivity contribution in [3.8, 4) is 5.75 Å². The van der Waals surface area contributed by atoms with Gasteiger partial charge in [-0.05, 0) is 49.7 Å². The topological polar surface area (TPSA) is 157 Å². The van der Waals surface area contributed by atoms with Crippen LogP contribution < -0.4 is 15.4 Å². The molecule has 3 rings (SSSR count). The van der Waals surface area contributed by atoms with Crippen LogP contribution in [-0.4, -0.2) is 58.9 Å². The number of nitrogens with one attached hydrogen (secondary N) is 2. The van der Waals surface area contributed by atoms with E-state index in [9.17, 15) is 29.3 Å². The molecule has 2 N–H and O–H groups in total. The van der Waals surface area contributed by atoms with E-state index < -0.39 is 47.4 Å². The highest BCUT2D eigenvalue weighted by Crippen LogP contribution is 2.46. The van der Waals surface area contributed by atoms with Gasteiger partial charge in [-0.2, -0.15) is 0 Å². The lowest BCUT2D eigenvalue weighted by atomic mass is 9.64. The largest absolute Gasteiger partial charge is 0.494 e. The maximum absolute atomic E-state index is 13.1. The Morgan fingerprint density at radius 2 is 2.00 bits per heavy atom. The molecule has 2 aliphatic rings. The summed E-state index contributed by atoms with van der Waals surface area (Å²) in [5.74, 6) is -1.77. The summed E-state index contributed by atoms with van der Waals surface area (Å²) in [6.07, 6.45) is 1.86. The van der Waals surface area contributed by atoms with Crippen LogP contribution in [-0.2, 0) is 19.1 Å². The molecule has 0 bridgehead atoms. The number of carbonyl (C=O) groups is 4. The van der Waals surface area contributed by atoms with Gasteiger partial charge >= 0.3 is 12.0 Å². The first-order chi connectivity index (χ1) is 16.4. The molecule has 1 saturated carbocycles. The second-order valence-corrected chi connectivity index (χ2v) is 9.84. The quantitative estimate of drug-likeness (QED) is 0.244. The van der Waals surface area contributed by atoms with Crippen molar-refractivity contribution in [2.45, 2.75) is 52.5 Å². The van der Waals surface area contributed by atoms with Crippen LogP contribution in [0.3, 0.4) is 0 Å². The van der Waals surface area contributed by atoms with Gasteiger partial charge in [0.2, 0.25) is 0 Å². The molecule has 1 spiro atoms. The lowest BCUT2D eigenvalue weighted by Gasteiger charge is -2.43. The predicted molar refractivity (Wildman–Crippen MR) is 124 cm³/mol. The first kappa shape index (κ1) is 25.9. The van der Waals surface area contributed by atoms with E-state index in [0.717, 1.165) is 11.3 Å². The highest BCUT2D eigenvalue weighted by molar-refractivity contribution is 6.09. The van der Waals surface area contributed by atoms with Crippen molar-refractivity contribution in [2.24, 2.45) is 11.3 Å². The third kappa shape index (κ3) is 5.87. The Balaban J connectivity index is 1.58. The van der Waals surface area contributed by atoms with Gasteiger partial charge in [-0.3, -0.25) is 29.4 Å². The molecule has 0 aromatic heterocycles. The van der Waals surface area contributed by atoms with Crippen LogP contribution >= 0.6 is 0 Å². The van der Waals surface area contributed by atoms with Crippen LogP contribution in [0.25, 0.3) is 0 Å². The zero-order chi connectivity index (χ0) is 26.0. The molecule has 190 valence electrons. The van der Waals surface area contributed by atoms with Crippen LogP contribution in [0.15, 0.2) is 18.2 Å². The highest BCUT2D eigenvalue weighted by Gasteiger charge is 2.56. The summed E-state index contributed by atoms with van der Waals surface area (Å²) in [5.41, 5.74) is -1.68. The Kier molecular flexibility index (Phi) is 7.32. The second kappa shape index (κ2) is 9.88. The van der Waals surface area contributed by atoms with Gasteiger partial charge in [0.25, 0.3) is 17.5 Å². The molecule has 1 aromatic rings. The van der Waals surface area contributed by atoms with Crippen LogP contribution in [0.4, 0.5) is 16.2 Å². The van der Waals surface area contributed by atoms with Gasteiger partial charge in [-0.25, -0.2) is 4.79 Å². The normalized spacial score (nSPS) is 23.1. The lowest BCUT2D eigenvalue weighted by Crippen LogP contribution is -2.54. The number of nitrogens with zero attached hydrogens (tertiary/aromatic N) is 2. The fourth-order valence-corrected chi connectivity index (χ4v) is 5.18. The van der Waals surface area contributed by atoms with Crippen molar-refractivity contribution < 1.29 is 33.6 Å². The van der Waals surface area contributed by atoms with E-state index in [0.29, 0.717) is 19.4 Å². The Hall–Kier alpha value is -3.70. The number of imide groups is 1. The van der Waals surface area contributed by atoms with E-state index in [-0.39, 0.29) is 28.5 Å². The fourth-order valence-electron chi connectivity index (χ4n) is 5.18. The number of anilines is 1. The molecule has 1 saturated heterocycles. The van der Waals surface area contributed by atoms with Crippen molar-refractivity contribution >= 4 is 35.2 Å². The number of hydrogen-bond acceptors (Lipinski definition) is 8. The molecular formula is C23H30N4O8. The molecule has 2 atom stereocenters. The minimum atomic E-state index is -1.05. The predicted octanol–water partition coefficient (Wildman–Crippen LogP) is 2.61. The monoisotopic (exact) mass is 490 g/mol. The number of esters is 1. The molecule has 1 aliphatic heterocycles. The molecule has 4 amide bonds. The Morgan fingerprint density at radius 3 is 2.63 bits per heavy atom. The third-order valence-corrected chi connectivity index (χ3v) is 6.03. The molecule has 0 radical (unpaired) electrons. The van der Waals surface area contributed by atoms with Crippen LogP contribution in [0, 0.1) is 21.4 Å². The zero-order valence-corrected chi connectivity index (χ0v) is 20.2. The average Bonchev–Trinajstić information content (AvgIpc) is 2.95. The van der Waals surface area contributed by atoms with E-state index >= 15 is 0 Å². The minimum absolute atomic E-state index is 0.0930. The van der Waals surface area contributed by atoms with Gasteiger partial charge < -0.3 is 20.1 Å². The van der Waals surface area contributed by atoms with E-state index in [1.54, 1.807) is 6.92 Å². The maximum atomic E-state index is 13.1. The van der Waals surface area contributed by atoms with E-state index in [4.69, 9.17) is 9.47 Å². The molecular weight excluding hydrogens is 460 g/mol. The van der Waals surface area contributed by atoms with E-state index in [1.807, 2.05) is 20.8 Å². The van der Waals surface area contributed by atoms with Crippen LogP contribution in [0.2, 0.25) is 0 Å². The van der Waals surface area contributed by atoms with Gasteiger partial charge in [0.05, 0.1) is 17.6 Å². The molecule has 1 heterocycles. The number of rotatable bonds is 8. The third-order valence-electron chi connectivity index (χ3n) is 6.03. The summed E-state index contributed by atoms with van der Waals surface area (Å²) < 4.78 is 10.1. The van der Waals surface area contributed by atoms with Gasteiger partial charge in [0, 0.05) is 0 Å². The summed E-state index contributed by atoms with van der Waals surface area (Å²) >= 11 is 0. The second-order valence-electron chi connectivity index (χ2n) is 9.84. The van der Waals surface area contributed by atoms with Crippen LogP contribution in [0.5, 0.6) is 5.75 Å². The number of benzene rings is 1. The maximum Gasteiger partial charge on any atom is 0.326 e. The Bertz CT molecular complexity index is 1060. The molecule has 35 heavy (non-hydrogen) atoms. The standard InChI is InChI=1S/C23H30N4O8/c1-5-34-15-6-7-16(17(8-15)27(32)33)24-18(28)12-35-19(29)11-26-20(30)23(25-21(26)31)10-14(2)9-22(3,4)13-23/h6-8,14H,5,9-13H2,1-4H3,(H,24,28)(H,25,31). The minimum Gasteiger partial charge on any atom is -0.494 e. The Labute approximate surface area is 202 Å². The number of nitro groups is 1. The molecule has 12 heteroatoms. The molecule has 1 aromatic carbocycles. The SMILES string of the molecule is CCOc1ccc(NC(=O)COC(=O)CN2C(=O)NC3(CC(C)CC(C)(C)C3)C2=O)c([N+](=O)[O-])c1. The van der Waals surface area contributed by atoms with Gasteiger partial charge in [0.15, 0.2) is 6.61 Å². The lowest BCUT2D eigenvalue weighted by molar-refractivity contribution is -0.384. The summed E-state index contributed by atoms with van der Waals surface area (Å²) in [4.78, 5) is 61.6. The average molecular weight is 491 g/mol. The molecule has 2 unspecified atom stereocenters. The smallest absolute Gasteiger partial charge is 0.326 e. The number of carbonyl (C=O) groups excluding carboxylic acids is 4. The summed E-state index contributed by atoms with van der Waals surface area (Å²) in [7, 11) is 0. The number of urea groups is 1. The summed E-state index contributed by atoms with van der Waals surface area (Å²) in [6.45, 7) is 6.74. The van der Waals surface area contributed by atoms with Crippen molar-refractivity contribution in [3.05, 3.63) is 28.3 Å². The highest BCUT2D eigenvalue weighted by atomic mass is 16.6. The fraction of sp³-hybridized carbons (Fsp3) is 0.565. The first-order valence-electron chi connectivity index (χ1n) is 11.4. The molecule has 1 aliphatic carbocycles. The number of nitro benzene ring substituents is 1. The van der Waals surface area contributed by atoms with Gasteiger partial charge in [0.1, 0.15) is 23.5 Å². The number of ether oxygens (including phenoxy) is 2. The van der Waals surface area contributed by atoms with Crippen molar-refractivity contribution in [2.75, 3.05) is 25.1 Å².